The molecule has 30 heavy (non-hydrogen) atoms. The number of carbonyl (C=O) groups is 2. The van der Waals surface area contributed by atoms with Crippen molar-refractivity contribution >= 4 is 11.7 Å². The number of nitrogens with one attached hydrogen (secondary N) is 1. The summed E-state index contributed by atoms with van der Waals surface area (Å²) in [6.07, 6.45) is 1.39. The number of hydrogen-bond donors (Lipinski definition) is 2. The summed E-state index contributed by atoms with van der Waals surface area (Å²) in [5.41, 5.74) is 0.761. The highest BCUT2D eigenvalue weighted by Crippen LogP contribution is 2.39. The zero-order valence-electron chi connectivity index (χ0n) is 16.8. The van der Waals surface area contributed by atoms with Crippen molar-refractivity contribution in [1.82, 2.24) is 4.90 Å². The third-order valence-corrected chi connectivity index (χ3v) is 5.63. The maximum atomic E-state index is 13.1. The molecule has 8 nitrogen and oxygen atoms in total. The molecule has 1 fully saturated rings. The Morgan fingerprint density at radius 1 is 1.23 bits per heavy atom. The molecule has 0 saturated carbocycles. The first-order valence-electron chi connectivity index (χ1n) is 9.97. The summed E-state index contributed by atoms with van der Waals surface area (Å²) in [7, 11) is 1.57. The van der Waals surface area contributed by atoms with Crippen LogP contribution < -0.4 is 9.64 Å². The molecule has 2 aromatic rings. The average molecular weight is 413 g/mol. The van der Waals surface area contributed by atoms with Gasteiger partial charge in [-0.2, -0.15) is 0 Å². The standard InChI is InChI=1S/C22H24N2O6/c1-28-16-6-4-15(5-7-16)19-18(20(25)17-3-2-12-30-17)21(26)22(27)24(19)9-8-23-10-13-29-14-11-23/h2-7,12,19,26H,8-11,13-14H2,1H3/p+1/t19-/m1/s1. The number of benzene rings is 1. The number of amides is 1. The molecule has 0 bridgehead atoms. The van der Waals surface area contributed by atoms with Crippen LogP contribution in [-0.2, 0) is 9.53 Å². The van der Waals surface area contributed by atoms with Gasteiger partial charge in [0.15, 0.2) is 11.5 Å². The Morgan fingerprint density at radius 2 is 1.97 bits per heavy atom. The van der Waals surface area contributed by atoms with Gasteiger partial charge in [0.2, 0.25) is 5.78 Å². The minimum atomic E-state index is -0.693. The normalized spacial score (nSPS) is 20.1. The zero-order chi connectivity index (χ0) is 21.1. The topological polar surface area (TPSA) is 93.7 Å². The van der Waals surface area contributed by atoms with Crippen LogP contribution in [-0.4, -0.2) is 68.2 Å². The molecule has 8 heteroatoms. The number of furan rings is 1. The summed E-state index contributed by atoms with van der Waals surface area (Å²) in [5, 5.41) is 10.6. The number of ketones is 1. The Morgan fingerprint density at radius 3 is 2.60 bits per heavy atom. The van der Waals surface area contributed by atoms with Crippen molar-refractivity contribution in [1.29, 1.82) is 0 Å². The summed E-state index contributed by atoms with van der Waals surface area (Å²) in [6.45, 7) is 4.23. The van der Waals surface area contributed by atoms with Gasteiger partial charge in [-0.15, -0.1) is 0 Å². The lowest BCUT2D eigenvalue weighted by Crippen LogP contribution is -3.14. The average Bonchev–Trinajstić information content (AvgIpc) is 3.41. The first-order valence-corrected chi connectivity index (χ1v) is 9.97. The first-order chi connectivity index (χ1) is 14.6. The van der Waals surface area contributed by atoms with Crippen LogP contribution in [0.5, 0.6) is 5.75 Å². The Kier molecular flexibility index (Phi) is 5.87. The van der Waals surface area contributed by atoms with Crippen molar-refractivity contribution < 1.29 is 33.5 Å². The van der Waals surface area contributed by atoms with Crippen molar-refractivity contribution in [2.75, 3.05) is 46.5 Å². The predicted octanol–water partition coefficient (Wildman–Crippen LogP) is 0.782. The van der Waals surface area contributed by atoms with Gasteiger partial charge in [0.1, 0.15) is 18.8 Å². The van der Waals surface area contributed by atoms with Crippen LogP contribution in [0.2, 0.25) is 0 Å². The number of aliphatic hydroxyl groups is 1. The molecule has 0 aliphatic carbocycles. The Hall–Kier alpha value is -3.10. The maximum Gasteiger partial charge on any atom is 0.290 e. The van der Waals surface area contributed by atoms with Gasteiger partial charge in [0.05, 0.1) is 51.3 Å². The van der Waals surface area contributed by atoms with E-state index in [1.807, 2.05) is 0 Å². The molecule has 2 aliphatic rings. The Bertz CT molecular complexity index is 929. The number of quaternary nitrogens is 1. The molecule has 4 rings (SSSR count). The van der Waals surface area contributed by atoms with Crippen LogP contribution in [0.4, 0.5) is 0 Å². The summed E-state index contributed by atoms with van der Waals surface area (Å²) in [4.78, 5) is 28.9. The molecule has 1 amide bonds. The van der Waals surface area contributed by atoms with Gasteiger partial charge in [0.25, 0.3) is 5.91 Å². The second-order valence-electron chi connectivity index (χ2n) is 7.36. The van der Waals surface area contributed by atoms with Gasteiger partial charge in [-0.25, -0.2) is 0 Å². The molecule has 1 atom stereocenters. The van der Waals surface area contributed by atoms with Crippen LogP contribution in [0.3, 0.4) is 0 Å². The molecule has 3 heterocycles. The molecule has 1 aromatic heterocycles. The quantitative estimate of drug-likeness (QED) is 0.652. The highest BCUT2D eigenvalue weighted by molar-refractivity contribution is 6.15. The van der Waals surface area contributed by atoms with E-state index >= 15 is 0 Å². The van der Waals surface area contributed by atoms with E-state index in [9.17, 15) is 14.7 Å². The monoisotopic (exact) mass is 413 g/mol. The van der Waals surface area contributed by atoms with Crippen molar-refractivity contribution in [3.8, 4) is 5.75 Å². The van der Waals surface area contributed by atoms with E-state index in [-0.39, 0.29) is 11.3 Å². The first kappa shape index (κ1) is 20.2. The second kappa shape index (κ2) is 8.73. The van der Waals surface area contributed by atoms with E-state index in [1.165, 1.54) is 17.2 Å². The molecule has 0 unspecified atom stereocenters. The molecule has 1 saturated heterocycles. The molecule has 0 spiro atoms. The van der Waals surface area contributed by atoms with Crippen molar-refractivity contribution in [2.45, 2.75) is 6.04 Å². The van der Waals surface area contributed by atoms with Crippen LogP contribution in [0.25, 0.3) is 0 Å². The lowest BCUT2D eigenvalue weighted by Gasteiger charge is -2.30. The number of rotatable bonds is 7. The third-order valence-electron chi connectivity index (χ3n) is 5.63. The largest absolute Gasteiger partial charge is 0.503 e. The lowest BCUT2D eigenvalue weighted by molar-refractivity contribution is -0.907. The van der Waals surface area contributed by atoms with Gasteiger partial charge in [-0.05, 0) is 29.8 Å². The minimum Gasteiger partial charge on any atom is -0.503 e. The van der Waals surface area contributed by atoms with Crippen molar-refractivity contribution in [3.63, 3.8) is 0 Å². The van der Waals surface area contributed by atoms with Gasteiger partial charge in [0, 0.05) is 0 Å². The van der Waals surface area contributed by atoms with Gasteiger partial charge < -0.3 is 28.8 Å². The van der Waals surface area contributed by atoms with Crippen LogP contribution in [0.1, 0.15) is 22.2 Å². The molecular weight excluding hydrogens is 388 g/mol. The smallest absolute Gasteiger partial charge is 0.290 e. The highest BCUT2D eigenvalue weighted by atomic mass is 16.5. The lowest BCUT2D eigenvalue weighted by atomic mass is 9.95. The number of methoxy groups -OCH3 is 1. The number of aliphatic hydroxyl groups excluding tert-OH is 1. The number of morpholine rings is 1. The summed E-state index contributed by atoms with van der Waals surface area (Å²) < 4.78 is 15.9. The number of carbonyl (C=O) groups excluding carboxylic acids is 2. The molecule has 2 aliphatic heterocycles. The zero-order valence-corrected chi connectivity index (χ0v) is 16.8. The SMILES string of the molecule is COc1ccc([C@@H]2C(C(=O)c3ccco3)=C(O)C(=O)N2CC[NH+]2CCOCC2)cc1. The van der Waals surface area contributed by atoms with Crippen LogP contribution in [0, 0.1) is 0 Å². The van der Waals surface area contributed by atoms with E-state index in [0.717, 1.165) is 18.7 Å². The van der Waals surface area contributed by atoms with Crippen LogP contribution in [0.15, 0.2) is 58.4 Å². The predicted molar refractivity (Wildman–Crippen MR) is 107 cm³/mol. The van der Waals surface area contributed by atoms with E-state index in [1.54, 1.807) is 42.3 Å². The van der Waals surface area contributed by atoms with Gasteiger partial charge in [-0.3, -0.25) is 9.59 Å². The van der Waals surface area contributed by atoms with E-state index in [2.05, 4.69) is 0 Å². The van der Waals surface area contributed by atoms with Crippen LogP contribution >= 0.6 is 0 Å². The van der Waals surface area contributed by atoms with E-state index in [0.29, 0.717) is 32.1 Å². The molecule has 0 radical (unpaired) electrons. The number of ether oxygens (including phenoxy) is 2. The minimum absolute atomic E-state index is 0.0390. The fourth-order valence-electron chi connectivity index (χ4n) is 3.98. The highest BCUT2D eigenvalue weighted by Gasteiger charge is 2.44. The van der Waals surface area contributed by atoms with E-state index < -0.39 is 23.5 Å². The summed E-state index contributed by atoms with van der Waals surface area (Å²) >= 11 is 0. The number of nitrogens with zero attached hydrogens (tertiary/aromatic N) is 1. The number of Topliss-reactive ketones (excluding diaryl/α,β-unsaturated/α-hetero) is 1. The van der Waals surface area contributed by atoms with Crippen molar-refractivity contribution in [2.24, 2.45) is 0 Å². The Balaban J connectivity index is 1.66. The molecule has 158 valence electrons. The fourth-order valence-corrected chi connectivity index (χ4v) is 3.98. The van der Waals surface area contributed by atoms with Crippen molar-refractivity contribution in [3.05, 3.63) is 65.3 Å². The van der Waals surface area contributed by atoms with Gasteiger partial charge in [-0.1, -0.05) is 12.1 Å². The van der Waals surface area contributed by atoms with Gasteiger partial charge >= 0.3 is 0 Å². The summed E-state index contributed by atoms with van der Waals surface area (Å²) in [6, 6.07) is 9.59. The molecular formula is C22H25N2O6+. The number of hydrogen-bond acceptors (Lipinski definition) is 6. The molecule has 2 N–H and O–H groups in total. The fraction of sp³-hybridized carbons (Fsp3) is 0.364. The van der Waals surface area contributed by atoms with E-state index in [4.69, 9.17) is 13.9 Å². The summed E-state index contributed by atoms with van der Waals surface area (Å²) in [5.74, 6) is -0.802. The molecule has 1 aromatic carbocycles. The maximum absolute atomic E-state index is 13.1. The second-order valence-corrected chi connectivity index (χ2v) is 7.36. The third kappa shape index (κ3) is 3.83. The Labute approximate surface area is 174 Å².